The van der Waals surface area contributed by atoms with Crippen LogP contribution in [0.5, 0.6) is 0 Å². The molecular formula is C34H54N6O8. The second-order valence-electron chi connectivity index (χ2n) is 15.4. The van der Waals surface area contributed by atoms with Gasteiger partial charge in [-0.05, 0) is 49.4 Å². The van der Waals surface area contributed by atoms with Crippen molar-refractivity contribution in [1.29, 1.82) is 0 Å². The quantitative estimate of drug-likeness (QED) is 0.143. The number of Topliss-reactive ketones (excluding diaryl/α,β-unsaturated/α-hetero) is 1. The topological polar surface area (TPSA) is 192 Å². The van der Waals surface area contributed by atoms with Crippen molar-refractivity contribution in [2.24, 2.45) is 22.7 Å². The van der Waals surface area contributed by atoms with Gasteiger partial charge < -0.3 is 36.2 Å². The predicted molar refractivity (Wildman–Crippen MR) is 177 cm³/mol. The maximum Gasteiger partial charge on any atom is 0.407 e. The van der Waals surface area contributed by atoms with E-state index in [0.717, 1.165) is 12.8 Å². The minimum absolute atomic E-state index is 0.0108. The molecule has 1 heterocycles. The van der Waals surface area contributed by atoms with Crippen LogP contribution in [-0.4, -0.2) is 96.2 Å². The van der Waals surface area contributed by atoms with Crippen molar-refractivity contribution in [3.63, 3.8) is 0 Å². The van der Waals surface area contributed by atoms with Crippen molar-refractivity contribution in [3.05, 3.63) is 12.2 Å². The van der Waals surface area contributed by atoms with E-state index in [9.17, 15) is 33.6 Å². The number of alkyl carbamates (subject to hydrolysis) is 1. The van der Waals surface area contributed by atoms with Crippen LogP contribution in [0.1, 0.15) is 87.5 Å². The molecule has 48 heavy (non-hydrogen) atoms. The van der Waals surface area contributed by atoms with E-state index in [1.165, 1.54) is 18.9 Å². The maximum atomic E-state index is 14.4. The Morgan fingerprint density at radius 3 is 2.02 bits per heavy atom. The van der Waals surface area contributed by atoms with E-state index in [1.54, 1.807) is 41.5 Å². The smallest absolute Gasteiger partial charge is 0.407 e. The molecule has 268 valence electrons. The summed E-state index contributed by atoms with van der Waals surface area (Å²) in [6, 6.07) is -5.16. The first-order valence-electron chi connectivity index (χ1n) is 16.9. The van der Waals surface area contributed by atoms with E-state index in [2.05, 4.69) is 31.3 Å². The molecule has 5 N–H and O–H groups in total. The van der Waals surface area contributed by atoms with Gasteiger partial charge in [0, 0.05) is 18.5 Å². The second kappa shape index (κ2) is 15.5. The van der Waals surface area contributed by atoms with Crippen LogP contribution in [0.4, 0.5) is 4.79 Å². The van der Waals surface area contributed by atoms with Gasteiger partial charge in [0.1, 0.15) is 24.2 Å². The Labute approximate surface area is 283 Å². The van der Waals surface area contributed by atoms with Gasteiger partial charge in [0.15, 0.2) is 0 Å². The van der Waals surface area contributed by atoms with E-state index >= 15 is 0 Å². The highest BCUT2D eigenvalue weighted by Crippen LogP contribution is 2.39. The van der Waals surface area contributed by atoms with E-state index in [1.807, 2.05) is 19.1 Å². The van der Waals surface area contributed by atoms with Crippen LogP contribution in [0, 0.1) is 22.7 Å². The van der Waals surface area contributed by atoms with Gasteiger partial charge in [0.05, 0.1) is 13.2 Å². The van der Waals surface area contributed by atoms with Crippen molar-refractivity contribution in [2.45, 2.75) is 124 Å². The molecule has 0 aromatic rings. The lowest BCUT2D eigenvalue weighted by Crippen LogP contribution is -2.63. The molecule has 0 aromatic heterocycles. The van der Waals surface area contributed by atoms with Crippen LogP contribution in [0.3, 0.4) is 0 Å². The first-order chi connectivity index (χ1) is 22.3. The largest absolute Gasteiger partial charge is 0.453 e. The molecule has 2 aliphatic carbocycles. The third-order valence-electron chi connectivity index (χ3n) is 9.12. The van der Waals surface area contributed by atoms with Crippen LogP contribution in [0.25, 0.3) is 0 Å². The number of ketones is 1. The first-order valence-corrected chi connectivity index (χ1v) is 16.9. The number of hydrogen-bond donors (Lipinski definition) is 5. The van der Waals surface area contributed by atoms with Gasteiger partial charge in [-0.15, -0.1) is 0 Å². The summed E-state index contributed by atoms with van der Waals surface area (Å²) in [6.07, 6.45) is 6.17. The lowest BCUT2D eigenvalue weighted by molar-refractivity contribution is -0.146. The monoisotopic (exact) mass is 674 g/mol. The molecule has 3 rings (SSSR count). The number of ether oxygens (including phenoxy) is 1. The molecule has 0 bridgehead atoms. The molecule has 1 saturated carbocycles. The third kappa shape index (κ3) is 9.56. The standard InChI is InChI=1S/C34H54N6O8/c1-10-12-22(24(41)29(44)36-20-15-16-20)37-28(43)23-21-14-11-13-19(21)17-40(23)31(46)26(34(6,7)8)39-30(45)25(33(3,4)5)38-27(42)18(2)35-32(47)48-9/h11,13,18-23,25-26H,10,12,14-17H2,1-9H3,(H,35,47)(H,36,44)(H,37,43)(H,38,42)(H,39,45)/t18-,19+,21+,22+,23+,25-,26?/m1/s1. The Bertz CT molecular complexity index is 1300. The number of allylic oxidation sites excluding steroid dienone is 1. The summed E-state index contributed by atoms with van der Waals surface area (Å²) in [5.74, 6) is -3.96. The molecule has 2 fully saturated rings. The lowest BCUT2D eigenvalue weighted by Gasteiger charge is -2.38. The van der Waals surface area contributed by atoms with Crippen molar-refractivity contribution < 1.29 is 38.3 Å². The Balaban J connectivity index is 1.84. The second-order valence-corrected chi connectivity index (χ2v) is 15.4. The number of hydrogen-bond acceptors (Lipinski definition) is 8. The number of fused-ring (bicyclic) bond motifs is 1. The summed E-state index contributed by atoms with van der Waals surface area (Å²) in [6.45, 7) is 14.2. The summed E-state index contributed by atoms with van der Waals surface area (Å²) in [5, 5.41) is 13.4. The molecule has 14 heteroatoms. The molecule has 1 saturated heterocycles. The number of carbonyl (C=O) groups excluding carboxylic acids is 7. The van der Waals surface area contributed by atoms with Crippen molar-refractivity contribution in [1.82, 2.24) is 31.5 Å². The number of likely N-dealkylation sites (tertiary alicyclic amines) is 1. The SMILES string of the molecule is CCC[C@H](NC(=O)[C@@H]1[C@H]2CC=C[C@H]2CN1C(=O)C(NC(=O)[C@@H](NC(=O)[C@@H](C)NC(=O)OC)C(C)(C)C)C(C)(C)C)C(=O)C(=O)NC1CC1. The highest BCUT2D eigenvalue weighted by Gasteiger charge is 2.51. The molecule has 1 unspecified atom stereocenters. The van der Waals surface area contributed by atoms with Gasteiger partial charge in [-0.2, -0.15) is 0 Å². The summed E-state index contributed by atoms with van der Waals surface area (Å²) in [4.78, 5) is 94.0. The summed E-state index contributed by atoms with van der Waals surface area (Å²) < 4.78 is 4.56. The predicted octanol–water partition coefficient (Wildman–Crippen LogP) is 1.33. The van der Waals surface area contributed by atoms with E-state index < -0.39 is 82.5 Å². The molecule has 0 spiro atoms. The number of nitrogens with one attached hydrogen (secondary N) is 5. The third-order valence-corrected chi connectivity index (χ3v) is 9.12. The van der Waals surface area contributed by atoms with Crippen LogP contribution in [-0.2, 0) is 33.5 Å². The Kier molecular flexibility index (Phi) is 12.4. The lowest BCUT2D eigenvalue weighted by atomic mass is 9.82. The van der Waals surface area contributed by atoms with E-state index in [4.69, 9.17) is 0 Å². The molecular weight excluding hydrogens is 620 g/mol. The zero-order valence-corrected chi connectivity index (χ0v) is 29.7. The molecule has 0 aromatic carbocycles. The van der Waals surface area contributed by atoms with Crippen LogP contribution >= 0.6 is 0 Å². The average Bonchev–Trinajstić information content (AvgIpc) is 3.56. The fraction of sp³-hybridized carbons (Fsp3) is 0.735. The molecule has 7 atom stereocenters. The van der Waals surface area contributed by atoms with Gasteiger partial charge in [0.25, 0.3) is 5.91 Å². The minimum Gasteiger partial charge on any atom is -0.453 e. The zero-order chi connectivity index (χ0) is 36.1. The fourth-order valence-electron chi connectivity index (χ4n) is 6.16. The Morgan fingerprint density at radius 2 is 1.48 bits per heavy atom. The van der Waals surface area contributed by atoms with Crippen LogP contribution in [0.15, 0.2) is 12.2 Å². The van der Waals surface area contributed by atoms with E-state index in [-0.39, 0.29) is 30.8 Å². The summed E-state index contributed by atoms with van der Waals surface area (Å²) in [5.41, 5.74) is -1.60. The normalized spacial score (nSPS) is 22.8. The van der Waals surface area contributed by atoms with Gasteiger partial charge in [-0.3, -0.25) is 28.8 Å². The van der Waals surface area contributed by atoms with Gasteiger partial charge in [-0.25, -0.2) is 4.79 Å². The summed E-state index contributed by atoms with van der Waals surface area (Å²) >= 11 is 0. The van der Waals surface area contributed by atoms with Crippen LogP contribution < -0.4 is 26.6 Å². The number of rotatable bonds is 13. The average molecular weight is 675 g/mol. The number of nitrogens with zero attached hydrogens (tertiary/aromatic N) is 1. The molecule has 3 aliphatic rings. The van der Waals surface area contributed by atoms with Crippen LogP contribution in [0.2, 0.25) is 0 Å². The van der Waals surface area contributed by atoms with Crippen molar-refractivity contribution in [3.8, 4) is 0 Å². The molecule has 1 aliphatic heterocycles. The zero-order valence-electron chi connectivity index (χ0n) is 29.7. The summed E-state index contributed by atoms with van der Waals surface area (Å²) in [7, 11) is 1.17. The van der Waals surface area contributed by atoms with Gasteiger partial charge in [-0.1, -0.05) is 67.0 Å². The Morgan fingerprint density at radius 1 is 0.875 bits per heavy atom. The van der Waals surface area contributed by atoms with Crippen molar-refractivity contribution in [2.75, 3.05) is 13.7 Å². The maximum absolute atomic E-state index is 14.4. The highest BCUT2D eigenvalue weighted by atomic mass is 16.5. The van der Waals surface area contributed by atoms with E-state index in [0.29, 0.717) is 12.8 Å². The minimum atomic E-state index is -1.09. The molecule has 0 radical (unpaired) electrons. The number of methoxy groups -OCH3 is 1. The Hall–Kier alpha value is -3.97. The van der Waals surface area contributed by atoms with Crippen molar-refractivity contribution >= 4 is 41.4 Å². The fourth-order valence-corrected chi connectivity index (χ4v) is 6.16. The molecule has 14 nitrogen and oxygen atoms in total. The number of amides is 6. The molecule has 6 amide bonds. The van der Waals surface area contributed by atoms with Gasteiger partial charge in [0.2, 0.25) is 29.4 Å². The van der Waals surface area contributed by atoms with Gasteiger partial charge >= 0.3 is 6.09 Å². The first kappa shape index (κ1) is 38.5. The number of carbonyl (C=O) groups is 7. The highest BCUT2D eigenvalue weighted by molar-refractivity contribution is 6.38.